The van der Waals surface area contributed by atoms with Gasteiger partial charge in [-0.15, -0.1) is 11.3 Å². The van der Waals surface area contributed by atoms with Crippen LogP contribution in [0.1, 0.15) is 16.9 Å². The van der Waals surface area contributed by atoms with Crippen LogP contribution < -0.4 is 10.3 Å². The van der Waals surface area contributed by atoms with Gasteiger partial charge in [-0.25, -0.2) is 17.8 Å². The first kappa shape index (κ1) is 19.5. The van der Waals surface area contributed by atoms with E-state index in [0.717, 1.165) is 16.0 Å². The average molecular weight is 404 g/mol. The van der Waals surface area contributed by atoms with Gasteiger partial charge in [-0.05, 0) is 38.5 Å². The van der Waals surface area contributed by atoms with E-state index in [1.807, 2.05) is 38.1 Å². The molecule has 1 aromatic carbocycles. The molecule has 0 atom stereocenters. The largest absolute Gasteiger partial charge is 0.268 e. The first-order chi connectivity index (χ1) is 12.8. The van der Waals surface area contributed by atoms with Crippen LogP contribution in [0, 0.1) is 13.8 Å². The number of sulfonamides is 1. The van der Waals surface area contributed by atoms with Gasteiger partial charge < -0.3 is 0 Å². The Labute approximate surface area is 162 Å². The highest BCUT2D eigenvalue weighted by Gasteiger charge is 2.15. The SMILES string of the molecule is Cc1ccc(-c2ccc(=O)n(CCCNS(=O)(=O)c3ccc(C)s3)n2)cc1. The Hall–Kier alpha value is -2.29. The van der Waals surface area contributed by atoms with Gasteiger partial charge in [0.05, 0.1) is 5.69 Å². The molecular formula is C19H21N3O3S2. The number of aryl methyl sites for hydroxylation is 3. The molecule has 0 amide bonds. The molecule has 142 valence electrons. The lowest BCUT2D eigenvalue weighted by atomic mass is 10.1. The van der Waals surface area contributed by atoms with Gasteiger partial charge in [0, 0.05) is 29.6 Å². The summed E-state index contributed by atoms with van der Waals surface area (Å²) in [6, 6.07) is 14.5. The summed E-state index contributed by atoms with van der Waals surface area (Å²) in [5.41, 5.74) is 2.59. The molecule has 2 heterocycles. The van der Waals surface area contributed by atoms with Crippen molar-refractivity contribution in [2.24, 2.45) is 0 Å². The van der Waals surface area contributed by atoms with Gasteiger partial charge >= 0.3 is 0 Å². The van der Waals surface area contributed by atoms with E-state index < -0.39 is 10.0 Å². The zero-order valence-electron chi connectivity index (χ0n) is 15.2. The Kier molecular flexibility index (Phi) is 5.88. The van der Waals surface area contributed by atoms with E-state index >= 15 is 0 Å². The molecule has 8 heteroatoms. The molecule has 3 aromatic rings. The smallest absolute Gasteiger partial charge is 0.266 e. The number of hydrogen-bond donors (Lipinski definition) is 1. The maximum atomic E-state index is 12.2. The third kappa shape index (κ3) is 4.91. The molecule has 0 unspecified atom stereocenters. The Morgan fingerprint density at radius 3 is 2.44 bits per heavy atom. The van der Waals surface area contributed by atoms with Gasteiger partial charge in [0.15, 0.2) is 0 Å². The third-order valence-electron chi connectivity index (χ3n) is 4.03. The fourth-order valence-electron chi connectivity index (χ4n) is 2.55. The minimum Gasteiger partial charge on any atom is -0.268 e. The van der Waals surface area contributed by atoms with Crippen molar-refractivity contribution in [3.8, 4) is 11.3 Å². The topological polar surface area (TPSA) is 81.1 Å². The minimum absolute atomic E-state index is 0.206. The summed E-state index contributed by atoms with van der Waals surface area (Å²) in [6.45, 7) is 4.45. The minimum atomic E-state index is -3.50. The van der Waals surface area contributed by atoms with Gasteiger partial charge in [0.2, 0.25) is 10.0 Å². The van der Waals surface area contributed by atoms with Crippen LogP contribution in [0.15, 0.2) is 57.5 Å². The van der Waals surface area contributed by atoms with Crippen molar-refractivity contribution in [1.82, 2.24) is 14.5 Å². The number of nitrogens with one attached hydrogen (secondary N) is 1. The molecule has 3 rings (SSSR count). The lowest BCUT2D eigenvalue weighted by Crippen LogP contribution is -2.27. The molecule has 6 nitrogen and oxygen atoms in total. The summed E-state index contributed by atoms with van der Waals surface area (Å²) >= 11 is 1.23. The molecule has 0 aliphatic heterocycles. The quantitative estimate of drug-likeness (QED) is 0.615. The number of thiophene rings is 1. The standard InChI is InChI=1S/C19H21N3O3S2/c1-14-4-7-16(8-5-14)17-9-10-18(23)22(21-17)13-3-12-20-27(24,25)19-11-6-15(2)26-19/h4-11,20H,3,12-13H2,1-2H3. The third-order valence-corrected chi connectivity index (χ3v) is 6.99. The normalized spacial score (nSPS) is 11.6. The second-order valence-electron chi connectivity index (χ2n) is 6.26. The second kappa shape index (κ2) is 8.16. The Morgan fingerprint density at radius 2 is 1.78 bits per heavy atom. The van der Waals surface area contributed by atoms with Gasteiger partial charge in [-0.3, -0.25) is 4.79 Å². The van der Waals surface area contributed by atoms with E-state index in [-0.39, 0.29) is 12.1 Å². The van der Waals surface area contributed by atoms with Crippen LogP contribution in [0.25, 0.3) is 11.3 Å². The van der Waals surface area contributed by atoms with Crippen molar-refractivity contribution in [2.75, 3.05) is 6.54 Å². The summed E-state index contributed by atoms with van der Waals surface area (Å²) in [5.74, 6) is 0. The highest BCUT2D eigenvalue weighted by Crippen LogP contribution is 2.20. The second-order valence-corrected chi connectivity index (χ2v) is 9.54. The van der Waals surface area contributed by atoms with E-state index in [9.17, 15) is 13.2 Å². The first-order valence-corrected chi connectivity index (χ1v) is 10.9. The van der Waals surface area contributed by atoms with Gasteiger partial charge in [0.1, 0.15) is 4.21 Å². The van der Waals surface area contributed by atoms with Crippen LogP contribution >= 0.6 is 11.3 Å². The molecular weight excluding hydrogens is 382 g/mol. The molecule has 0 aliphatic rings. The fourth-order valence-corrected chi connectivity index (χ4v) is 4.95. The zero-order chi connectivity index (χ0) is 19.4. The monoisotopic (exact) mass is 403 g/mol. The molecule has 1 N–H and O–H groups in total. The maximum absolute atomic E-state index is 12.2. The van der Waals surface area contributed by atoms with Crippen molar-refractivity contribution in [2.45, 2.75) is 31.0 Å². The molecule has 0 aliphatic carbocycles. The average Bonchev–Trinajstić information content (AvgIpc) is 3.08. The summed E-state index contributed by atoms with van der Waals surface area (Å²) in [4.78, 5) is 13.0. The van der Waals surface area contributed by atoms with Crippen molar-refractivity contribution >= 4 is 21.4 Å². The maximum Gasteiger partial charge on any atom is 0.266 e. The summed E-state index contributed by atoms with van der Waals surface area (Å²) < 4.78 is 28.7. The molecule has 0 bridgehead atoms. The van der Waals surface area contributed by atoms with Crippen LogP contribution in [-0.4, -0.2) is 24.7 Å². The molecule has 0 fully saturated rings. The lowest BCUT2D eigenvalue weighted by molar-refractivity contribution is 0.537. The van der Waals surface area contributed by atoms with E-state index in [1.54, 1.807) is 18.2 Å². The van der Waals surface area contributed by atoms with Crippen LogP contribution in [0.3, 0.4) is 0 Å². The van der Waals surface area contributed by atoms with Crippen LogP contribution in [0.5, 0.6) is 0 Å². The Morgan fingerprint density at radius 1 is 1.04 bits per heavy atom. The summed E-state index contributed by atoms with van der Waals surface area (Å²) in [7, 11) is -3.50. The Balaban J connectivity index is 1.63. The summed E-state index contributed by atoms with van der Waals surface area (Å²) in [5, 5.41) is 4.40. The van der Waals surface area contributed by atoms with E-state index in [4.69, 9.17) is 0 Å². The van der Waals surface area contributed by atoms with Crippen LogP contribution in [-0.2, 0) is 16.6 Å². The zero-order valence-corrected chi connectivity index (χ0v) is 16.8. The number of nitrogens with zero attached hydrogens (tertiary/aromatic N) is 2. The van der Waals surface area contributed by atoms with E-state index in [0.29, 0.717) is 22.9 Å². The van der Waals surface area contributed by atoms with Crippen molar-refractivity contribution < 1.29 is 8.42 Å². The molecule has 0 saturated carbocycles. The van der Waals surface area contributed by atoms with Crippen LogP contribution in [0.2, 0.25) is 0 Å². The van der Waals surface area contributed by atoms with Gasteiger partial charge in [-0.1, -0.05) is 29.8 Å². The predicted octanol–water partition coefficient (Wildman–Crippen LogP) is 2.96. The van der Waals surface area contributed by atoms with Crippen molar-refractivity contribution in [3.63, 3.8) is 0 Å². The molecule has 2 aromatic heterocycles. The highest BCUT2D eigenvalue weighted by molar-refractivity contribution is 7.91. The van der Waals surface area contributed by atoms with Crippen molar-refractivity contribution in [3.05, 3.63) is 69.3 Å². The predicted molar refractivity (Wildman–Crippen MR) is 108 cm³/mol. The number of rotatable bonds is 7. The number of hydrogen-bond acceptors (Lipinski definition) is 5. The van der Waals surface area contributed by atoms with Gasteiger partial charge in [0.25, 0.3) is 5.56 Å². The number of benzene rings is 1. The fraction of sp³-hybridized carbons (Fsp3) is 0.263. The number of aromatic nitrogens is 2. The van der Waals surface area contributed by atoms with Crippen molar-refractivity contribution in [1.29, 1.82) is 0 Å². The summed E-state index contributed by atoms with van der Waals surface area (Å²) in [6.07, 6.45) is 0.466. The van der Waals surface area contributed by atoms with E-state index in [1.165, 1.54) is 22.1 Å². The highest BCUT2D eigenvalue weighted by atomic mass is 32.2. The Bertz CT molecular complexity index is 1080. The molecule has 0 radical (unpaired) electrons. The molecule has 27 heavy (non-hydrogen) atoms. The first-order valence-electron chi connectivity index (χ1n) is 8.56. The van der Waals surface area contributed by atoms with Gasteiger partial charge in [-0.2, -0.15) is 5.10 Å². The van der Waals surface area contributed by atoms with Crippen LogP contribution in [0.4, 0.5) is 0 Å². The molecule has 0 spiro atoms. The molecule has 0 saturated heterocycles. The lowest BCUT2D eigenvalue weighted by Gasteiger charge is -2.08. The van der Waals surface area contributed by atoms with E-state index in [2.05, 4.69) is 9.82 Å².